The van der Waals surface area contributed by atoms with Gasteiger partial charge in [0.2, 0.25) is 0 Å². The van der Waals surface area contributed by atoms with Crippen molar-refractivity contribution in [3.63, 3.8) is 0 Å². The van der Waals surface area contributed by atoms with Crippen molar-refractivity contribution in [3.05, 3.63) is 71.5 Å². The zero-order valence-corrected chi connectivity index (χ0v) is 13.3. The number of aromatic nitrogens is 2. The highest BCUT2D eigenvalue weighted by Gasteiger charge is 2.11. The van der Waals surface area contributed by atoms with Gasteiger partial charge < -0.3 is 14.8 Å². The molecule has 23 heavy (non-hydrogen) atoms. The van der Waals surface area contributed by atoms with Gasteiger partial charge in [0.15, 0.2) is 0 Å². The molecule has 3 heterocycles. The first-order valence-electron chi connectivity index (χ1n) is 7.59. The highest BCUT2D eigenvalue weighted by molar-refractivity contribution is 7.19. The van der Waals surface area contributed by atoms with E-state index < -0.39 is 6.10 Å². The average molecular weight is 323 g/mol. The molecule has 1 aromatic carbocycles. The van der Waals surface area contributed by atoms with Gasteiger partial charge in [0.25, 0.3) is 0 Å². The van der Waals surface area contributed by atoms with E-state index in [-0.39, 0.29) is 0 Å². The summed E-state index contributed by atoms with van der Waals surface area (Å²) in [4.78, 5) is 5.53. The van der Waals surface area contributed by atoms with Gasteiger partial charge in [-0.1, -0.05) is 24.3 Å². The Bertz CT molecular complexity index is 877. The molecule has 0 radical (unpaired) electrons. The zero-order chi connectivity index (χ0) is 15.6. The molecule has 2 N–H and O–H groups in total. The van der Waals surface area contributed by atoms with E-state index in [1.807, 2.05) is 47.1 Å². The largest absolute Gasteiger partial charge is 0.386 e. The Morgan fingerprint density at radius 3 is 2.91 bits per heavy atom. The molecule has 0 fully saturated rings. The van der Waals surface area contributed by atoms with Gasteiger partial charge in [-0.05, 0) is 29.7 Å². The van der Waals surface area contributed by atoms with Crippen LogP contribution in [0, 0.1) is 0 Å². The maximum absolute atomic E-state index is 10.4. The van der Waals surface area contributed by atoms with Crippen molar-refractivity contribution in [2.45, 2.75) is 12.6 Å². The number of imidazole rings is 1. The molecule has 5 heteroatoms. The summed E-state index contributed by atoms with van der Waals surface area (Å²) in [5.74, 6) is 0. The molecule has 3 aromatic heterocycles. The van der Waals surface area contributed by atoms with Gasteiger partial charge in [0.05, 0.1) is 5.69 Å². The number of nitrogens with one attached hydrogen (secondary N) is 1. The number of hydrogen-bond acceptors (Lipinski definition) is 4. The van der Waals surface area contributed by atoms with Crippen LogP contribution < -0.4 is 5.32 Å². The van der Waals surface area contributed by atoms with Gasteiger partial charge in [0, 0.05) is 35.1 Å². The smallest absolute Gasteiger partial charge is 0.137 e. The lowest BCUT2D eigenvalue weighted by Gasteiger charge is -2.08. The Morgan fingerprint density at radius 2 is 2.04 bits per heavy atom. The Morgan fingerprint density at radius 1 is 1.17 bits per heavy atom. The standard InChI is InChI=1S/C18H17N3OS/c22-15(17-9-13-5-1-2-6-16(13)23-17)11-19-10-14-12-21-8-4-3-7-18(21)20-14/h1-9,12,15,19,22H,10-11H2. The molecule has 1 unspecified atom stereocenters. The molecule has 1 atom stereocenters. The van der Waals surface area contributed by atoms with Crippen LogP contribution in [-0.2, 0) is 6.54 Å². The van der Waals surface area contributed by atoms with Crippen LogP contribution in [0.15, 0.2) is 60.9 Å². The SMILES string of the molecule is OC(CNCc1cn2ccccc2n1)c1cc2ccccc2s1. The molecule has 0 spiro atoms. The number of fused-ring (bicyclic) bond motifs is 2. The van der Waals surface area contributed by atoms with Crippen LogP contribution in [0.4, 0.5) is 0 Å². The van der Waals surface area contributed by atoms with Gasteiger partial charge in [-0.2, -0.15) is 0 Å². The first kappa shape index (κ1) is 14.4. The van der Waals surface area contributed by atoms with Crippen LogP contribution >= 0.6 is 11.3 Å². The average Bonchev–Trinajstić information content (AvgIpc) is 3.18. The first-order valence-corrected chi connectivity index (χ1v) is 8.41. The fourth-order valence-corrected chi connectivity index (χ4v) is 3.73. The van der Waals surface area contributed by atoms with E-state index in [9.17, 15) is 5.11 Å². The number of pyridine rings is 1. The molecule has 116 valence electrons. The fraction of sp³-hybridized carbons (Fsp3) is 0.167. The lowest BCUT2D eigenvalue weighted by molar-refractivity contribution is 0.178. The molecular formula is C18H17N3OS. The van der Waals surface area contributed by atoms with Crippen LogP contribution in [0.5, 0.6) is 0 Å². The summed E-state index contributed by atoms with van der Waals surface area (Å²) in [6.45, 7) is 1.16. The Labute approximate surface area is 138 Å². The van der Waals surface area contributed by atoms with E-state index in [1.54, 1.807) is 11.3 Å². The maximum atomic E-state index is 10.4. The number of aliphatic hydroxyl groups is 1. The molecule has 4 rings (SSSR count). The molecule has 0 aliphatic carbocycles. The summed E-state index contributed by atoms with van der Waals surface area (Å²) in [6, 6.07) is 16.2. The van der Waals surface area contributed by atoms with Gasteiger partial charge in [-0.3, -0.25) is 0 Å². The first-order chi connectivity index (χ1) is 11.3. The molecule has 0 saturated heterocycles. The predicted molar refractivity (Wildman–Crippen MR) is 93.7 cm³/mol. The van der Waals surface area contributed by atoms with Crippen molar-refractivity contribution in [1.82, 2.24) is 14.7 Å². The van der Waals surface area contributed by atoms with E-state index in [2.05, 4.69) is 28.5 Å². The second-order valence-corrected chi connectivity index (χ2v) is 6.65. The molecule has 4 aromatic rings. The molecule has 4 nitrogen and oxygen atoms in total. The van der Waals surface area contributed by atoms with E-state index in [1.165, 1.54) is 10.1 Å². The summed E-state index contributed by atoms with van der Waals surface area (Å²) in [6.07, 6.45) is 3.50. The highest BCUT2D eigenvalue weighted by Crippen LogP contribution is 2.29. The summed E-state index contributed by atoms with van der Waals surface area (Å²) in [5, 5.41) is 14.8. The van der Waals surface area contributed by atoms with Gasteiger partial charge >= 0.3 is 0 Å². The second kappa shape index (κ2) is 6.12. The number of rotatable bonds is 5. The van der Waals surface area contributed by atoms with Crippen LogP contribution in [-0.4, -0.2) is 21.0 Å². The van der Waals surface area contributed by atoms with Crippen LogP contribution in [0.3, 0.4) is 0 Å². The summed E-state index contributed by atoms with van der Waals surface area (Å²) >= 11 is 1.65. The van der Waals surface area contributed by atoms with Crippen molar-refractivity contribution in [3.8, 4) is 0 Å². The Balaban J connectivity index is 1.40. The van der Waals surface area contributed by atoms with E-state index in [0.717, 1.165) is 16.2 Å². The van der Waals surface area contributed by atoms with Gasteiger partial charge in [-0.15, -0.1) is 11.3 Å². The fourth-order valence-electron chi connectivity index (χ4n) is 2.68. The third-order valence-electron chi connectivity index (χ3n) is 3.83. The molecule has 0 amide bonds. The summed E-state index contributed by atoms with van der Waals surface area (Å²) < 4.78 is 3.21. The minimum Gasteiger partial charge on any atom is -0.386 e. The van der Waals surface area contributed by atoms with Gasteiger partial charge in [0.1, 0.15) is 11.8 Å². The molecule has 0 saturated carbocycles. The van der Waals surface area contributed by atoms with Crippen LogP contribution in [0.25, 0.3) is 15.7 Å². The lowest BCUT2D eigenvalue weighted by Crippen LogP contribution is -2.20. The zero-order valence-electron chi connectivity index (χ0n) is 12.5. The van der Waals surface area contributed by atoms with Crippen molar-refractivity contribution in [1.29, 1.82) is 0 Å². The Kier molecular flexibility index (Phi) is 3.83. The van der Waals surface area contributed by atoms with Crippen molar-refractivity contribution >= 4 is 27.1 Å². The molecular weight excluding hydrogens is 306 g/mol. The normalized spacial score (nSPS) is 12.9. The number of benzene rings is 1. The van der Waals surface area contributed by atoms with E-state index in [4.69, 9.17) is 0 Å². The summed E-state index contributed by atoms with van der Waals surface area (Å²) in [5.41, 5.74) is 1.91. The minimum atomic E-state index is -0.496. The topological polar surface area (TPSA) is 49.6 Å². The quantitative estimate of drug-likeness (QED) is 0.592. The lowest BCUT2D eigenvalue weighted by atomic mass is 10.2. The highest BCUT2D eigenvalue weighted by atomic mass is 32.1. The van der Waals surface area contributed by atoms with Crippen molar-refractivity contribution in [2.75, 3.05) is 6.54 Å². The molecule has 0 aliphatic heterocycles. The Hall–Kier alpha value is -2.21. The number of hydrogen-bond donors (Lipinski definition) is 2. The maximum Gasteiger partial charge on any atom is 0.137 e. The number of thiophene rings is 1. The third-order valence-corrected chi connectivity index (χ3v) is 5.05. The van der Waals surface area contributed by atoms with Crippen molar-refractivity contribution in [2.24, 2.45) is 0 Å². The number of aliphatic hydroxyl groups excluding tert-OH is 1. The molecule has 0 bridgehead atoms. The van der Waals surface area contributed by atoms with E-state index >= 15 is 0 Å². The van der Waals surface area contributed by atoms with E-state index in [0.29, 0.717) is 13.1 Å². The number of nitrogens with zero attached hydrogens (tertiary/aromatic N) is 2. The monoisotopic (exact) mass is 323 g/mol. The predicted octanol–water partition coefficient (Wildman–Crippen LogP) is 3.37. The second-order valence-electron chi connectivity index (χ2n) is 5.53. The third kappa shape index (κ3) is 2.99. The van der Waals surface area contributed by atoms with Crippen LogP contribution in [0.1, 0.15) is 16.7 Å². The minimum absolute atomic E-state index is 0.496. The van der Waals surface area contributed by atoms with Gasteiger partial charge in [-0.25, -0.2) is 4.98 Å². The van der Waals surface area contributed by atoms with Crippen LogP contribution in [0.2, 0.25) is 0 Å². The van der Waals surface area contributed by atoms with Crippen molar-refractivity contribution < 1.29 is 5.11 Å². The molecule has 0 aliphatic rings. The summed E-state index contributed by atoms with van der Waals surface area (Å²) in [7, 11) is 0.